The summed E-state index contributed by atoms with van der Waals surface area (Å²) < 4.78 is 0. The van der Waals surface area contributed by atoms with Gasteiger partial charge in [0.15, 0.2) is 6.04 Å². The van der Waals surface area contributed by atoms with Crippen molar-refractivity contribution in [2.75, 3.05) is 26.2 Å². The van der Waals surface area contributed by atoms with E-state index in [9.17, 15) is 19.8 Å². The first-order chi connectivity index (χ1) is 15.4. The van der Waals surface area contributed by atoms with Gasteiger partial charge in [-0.3, -0.25) is 4.90 Å². The Morgan fingerprint density at radius 1 is 1.03 bits per heavy atom. The Morgan fingerprint density at radius 3 is 2.31 bits per heavy atom. The van der Waals surface area contributed by atoms with Gasteiger partial charge in [-0.1, -0.05) is 42.2 Å². The number of carboxylic acids is 1. The third kappa shape index (κ3) is 4.77. The summed E-state index contributed by atoms with van der Waals surface area (Å²) in [6.45, 7) is 4.41. The van der Waals surface area contributed by atoms with Crippen molar-refractivity contribution in [1.29, 1.82) is 0 Å². The number of carbonyl (C=O) groups is 2. The standard InChI is InChI=1S/C25H27N3O4/c1-18(29)23(24(30)31)28-17-22-16-26(13-14-27(22)25(28)32)15-21-11-9-20(10-12-21)8-7-19-5-3-2-4-6-19/h2-6,9-12,18,22-23,29H,13-17H2,1H3,(H,30,31)/t18-,22?,23+/m1/s1. The van der Waals surface area contributed by atoms with Crippen LogP contribution in [0.25, 0.3) is 0 Å². The van der Waals surface area contributed by atoms with Crippen LogP contribution in [0.15, 0.2) is 54.6 Å². The monoisotopic (exact) mass is 433 g/mol. The largest absolute Gasteiger partial charge is 0.480 e. The maximum atomic E-state index is 12.7. The maximum Gasteiger partial charge on any atom is 0.329 e. The second-order valence-electron chi connectivity index (χ2n) is 8.35. The van der Waals surface area contributed by atoms with Crippen molar-refractivity contribution in [3.63, 3.8) is 0 Å². The molecule has 4 rings (SSSR count). The molecule has 2 N–H and O–H groups in total. The molecule has 0 aromatic heterocycles. The molecule has 7 heteroatoms. The third-order valence-electron chi connectivity index (χ3n) is 6.00. The molecular weight excluding hydrogens is 406 g/mol. The average molecular weight is 434 g/mol. The van der Waals surface area contributed by atoms with Crippen molar-refractivity contribution in [2.45, 2.75) is 31.7 Å². The lowest BCUT2D eigenvalue weighted by Gasteiger charge is -2.36. The number of rotatable bonds is 5. The van der Waals surface area contributed by atoms with Crippen molar-refractivity contribution in [3.8, 4) is 11.8 Å². The number of nitrogens with zero attached hydrogens (tertiary/aromatic N) is 3. The number of piperazine rings is 1. The molecule has 2 fully saturated rings. The molecule has 2 aliphatic heterocycles. The Bertz CT molecular complexity index is 1030. The van der Waals surface area contributed by atoms with E-state index in [1.54, 1.807) is 4.90 Å². The van der Waals surface area contributed by atoms with Crippen molar-refractivity contribution in [1.82, 2.24) is 14.7 Å². The van der Waals surface area contributed by atoms with Crippen molar-refractivity contribution < 1.29 is 19.8 Å². The fourth-order valence-electron chi connectivity index (χ4n) is 4.39. The van der Waals surface area contributed by atoms with E-state index in [4.69, 9.17) is 0 Å². The number of hydrogen-bond donors (Lipinski definition) is 2. The Hall–Kier alpha value is -3.34. The lowest BCUT2D eigenvalue weighted by molar-refractivity contribution is -0.145. The van der Waals surface area contributed by atoms with Crippen LogP contribution in [-0.2, 0) is 11.3 Å². The van der Waals surface area contributed by atoms with Gasteiger partial charge in [-0.05, 0) is 36.8 Å². The number of aliphatic hydroxyl groups is 1. The van der Waals surface area contributed by atoms with Crippen molar-refractivity contribution in [3.05, 3.63) is 71.3 Å². The van der Waals surface area contributed by atoms with Gasteiger partial charge in [-0.15, -0.1) is 0 Å². The molecule has 2 aliphatic rings. The lowest BCUT2D eigenvalue weighted by atomic mass is 10.1. The second kappa shape index (κ2) is 9.43. The van der Waals surface area contributed by atoms with Gasteiger partial charge in [0.2, 0.25) is 0 Å². The van der Waals surface area contributed by atoms with Gasteiger partial charge in [0.1, 0.15) is 0 Å². The first-order valence-electron chi connectivity index (χ1n) is 10.8. The van der Waals surface area contributed by atoms with Crippen molar-refractivity contribution in [2.24, 2.45) is 0 Å². The van der Waals surface area contributed by atoms with Gasteiger partial charge in [0.05, 0.1) is 12.1 Å². The van der Waals surface area contributed by atoms with Crippen LogP contribution >= 0.6 is 0 Å². The summed E-state index contributed by atoms with van der Waals surface area (Å²) in [6, 6.07) is 16.4. The predicted molar refractivity (Wildman–Crippen MR) is 120 cm³/mol. The second-order valence-corrected chi connectivity index (χ2v) is 8.35. The molecule has 0 saturated carbocycles. The van der Waals surface area contributed by atoms with E-state index in [0.717, 1.165) is 29.8 Å². The molecule has 32 heavy (non-hydrogen) atoms. The van der Waals surface area contributed by atoms with Crippen molar-refractivity contribution >= 4 is 12.0 Å². The number of carbonyl (C=O) groups excluding carboxylic acids is 1. The number of urea groups is 1. The molecular formula is C25H27N3O4. The zero-order chi connectivity index (χ0) is 22.7. The number of amides is 2. The van der Waals surface area contributed by atoms with Crippen LogP contribution in [0.3, 0.4) is 0 Å². The summed E-state index contributed by atoms with van der Waals surface area (Å²) in [4.78, 5) is 29.6. The summed E-state index contributed by atoms with van der Waals surface area (Å²) in [5.74, 6) is 5.16. The van der Waals surface area contributed by atoms with Gasteiger partial charge >= 0.3 is 12.0 Å². The molecule has 2 amide bonds. The number of aliphatic carboxylic acids is 1. The topological polar surface area (TPSA) is 84.3 Å². The quantitative estimate of drug-likeness (QED) is 0.703. The molecule has 2 aromatic rings. The van der Waals surface area contributed by atoms with Crippen LogP contribution < -0.4 is 0 Å². The summed E-state index contributed by atoms with van der Waals surface area (Å²) in [7, 11) is 0. The predicted octanol–water partition coefficient (Wildman–Crippen LogP) is 1.84. The number of hydrogen-bond acceptors (Lipinski definition) is 4. The number of aliphatic hydroxyl groups excluding tert-OH is 1. The lowest BCUT2D eigenvalue weighted by Crippen LogP contribution is -2.52. The van der Waals surface area contributed by atoms with E-state index in [2.05, 4.69) is 28.9 Å². The molecule has 0 aliphatic carbocycles. The number of fused-ring (bicyclic) bond motifs is 1. The van der Waals surface area contributed by atoms with E-state index in [1.165, 1.54) is 11.8 Å². The Balaban J connectivity index is 1.37. The molecule has 2 heterocycles. The van der Waals surface area contributed by atoms with Gasteiger partial charge in [0, 0.05) is 43.9 Å². The van der Waals surface area contributed by atoms with Gasteiger partial charge in [0.25, 0.3) is 0 Å². The fourth-order valence-corrected chi connectivity index (χ4v) is 4.39. The summed E-state index contributed by atoms with van der Waals surface area (Å²) >= 11 is 0. The highest BCUT2D eigenvalue weighted by atomic mass is 16.4. The molecule has 0 spiro atoms. The van der Waals surface area contributed by atoms with E-state index in [-0.39, 0.29) is 12.1 Å². The zero-order valence-corrected chi connectivity index (χ0v) is 18.0. The Labute approximate surface area is 187 Å². The molecule has 166 valence electrons. The molecule has 3 atom stereocenters. The average Bonchev–Trinajstić information content (AvgIpc) is 3.09. The highest BCUT2D eigenvalue weighted by Crippen LogP contribution is 2.25. The normalized spacial score (nSPS) is 20.3. The SMILES string of the molecule is C[C@@H](O)[C@@H](C(=O)O)N1CC2CN(Cc3ccc(C#Cc4ccccc4)cc3)CCN2C1=O. The summed E-state index contributed by atoms with van der Waals surface area (Å²) in [5, 5.41) is 19.3. The summed E-state index contributed by atoms with van der Waals surface area (Å²) in [5.41, 5.74) is 3.10. The molecule has 0 radical (unpaired) electrons. The number of carboxylic acid groups (broad SMARTS) is 1. The molecule has 7 nitrogen and oxygen atoms in total. The van der Waals surface area contributed by atoms with E-state index < -0.39 is 18.1 Å². The minimum atomic E-state index is -1.22. The highest BCUT2D eigenvalue weighted by Gasteiger charge is 2.46. The van der Waals surface area contributed by atoms with Crippen LogP contribution in [0.5, 0.6) is 0 Å². The molecule has 1 unspecified atom stereocenters. The highest BCUT2D eigenvalue weighted by molar-refractivity contribution is 5.85. The van der Waals surface area contributed by atoms with Gasteiger partial charge in [-0.25, -0.2) is 9.59 Å². The van der Waals surface area contributed by atoms with Crippen LogP contribution in [0, 0.1) is 11.8 Å². The third-order valence-corrected chi connectivity index (χ3v) is 6.00. The van der Waals surface area contributed by atoms with Gasteiger partial charge in [-0.2, -0.15) is 0 Å². The van der Waals surface area contributed by atoms with E-state index in [0.29, 0.717) is 19.6 Å². The molecule has 2 aromatic carbocycles. The first kappa shape index (κ1) is 21.9. The Kier molecular flexibility index (Phi) is 6.45. The maximum absolute atomic E-state index is 12.7. The first-order valence-corrected chi connectivity index (χ1v) is 10.8. The zero-order valence-electron chi connectivity index (χ0n) is 18.0. The fraction of sp³-hybridized carbons (Fsp3) is 0.360. The van der Waals surface area contributed by atoms with E-state index >= 15 is 0 Å². The van der Waals surface area contributed by atoms with Crippen LogP contribution in [-0.4, -0.2) is 81.3 Å². The molecule has 0 bridgehead atoms. The minimum Gasteiger partial charge on any atom is -0.480 e. The van der Waals surface area contributed by atoms with Crippen LogP contribution in [0.2, 0.25) is 0 Å². The minimum absolute atomic E-state index is 0.0761. The van der Waals surface area contributed by atoms with Crippen LogP contribution in [0.4, 0.5) is 4.79 Å². The smallest absolute Gasteiger partial charge is 0.329 e. The van der Waals surface area contributed by atoms with Crippen LogP contribution in [0.1, 0.15) is 23.6 Å². The van der Waals surface area contributed by atoms with E-state index in [1.807, 2.05) is 42.5 Å². The summed E-state index contributed by atoms with van der Waals surface area (Å²) in [6.07, 6.45) is -1.13. The molecule has 2 saturated heterocycles. The number of benzene rings is 2. The van der Waals surface area contributed by atoms with Gasteiger partial charge < -0.3 is 20.0 Å². The Morgan fingerprint density at radius 2 is 1.69 bits per heavy atom.